The molecule has 1 amide bonds. The van der Waals surface area contributed by atoms with Gasteiger partial charge < -0.3 is 16.4 Å². The Kier molecular flexibility index (Phi) is 5.10. The van der Waals surface area contributed by atoms with Gasteiger partial charge in [-0.2, -0.15) is 0 Å². The van der Waals surface area contributed by atoms with Crippen molar-refractivity contribution in [3.63, 3.8) is 0 Å². The Morgan fingerprint density at radius 3 is 2.82 bits per heavy atom. The summed E-state index contributed by atoms with van der Waals surface area (Å²) < 4.78 is 0. The van der Waals surface area contributed by atoms with Crippen LogP contribution in [-0.2, 0) is 4.79 Å². The summed E-state index contributed by atoms with van der Waals surface area (Å²) in [4.78, 5) is 11.4. The second-order valence-corrected chi connectivity index (χ2v) is 4.30. The van der Waals surface area contributed by atoms with Gasteiger partial charge in [0.15, 0.2) is 0 Å². The van der Waals surface area contributed by atoms with E-state index in [4.69, 9.17) is 17.3 Å². The van der Waals surface area contributed by atoms with E-state index in [1.165, 1.54) is 0 Å². The fourth-order valence-corrected chi connectivity index (χ4v) is 1.56. The Hall–Kier alpha value is -1.42. The lowest BCUT2D eigenvalue weighted by Gasteiger charge is -2.11. The molecule has 0 saturated heterocycles. The summed E-state index contributed by atoms with van der Waals surface area (Å²) in [5.74, 6) is -0.0285. The van der Waals surface area contributed by atoms with Gasteiger partial charge in [-0.25, -0.2) is 0 Å². The van der Waals surface area contributed by atoms with Crippen molar-refractivity contribution in [1.29, 1.82) is 0 Å². The minimum Gasteiger partial charge on any atom is -0.398 e. The van der Waals surface area contributed by atoms with Gasteiger partial charge in [0.25, 0.3) is 0 Å². The molecule has 1 rings (SSSR count). The van der Waals surface area contributed by atoms with Crippen LogP contribution in [0.4, 0.5) is 11.4 Å². The molecule has 0 aliphatic heterocycles. The number of halogens is 1. The maximum absolute atomic E-state index is 11.4. The van der Waals surface area contributed by atoms with Gasteiger partial charge in [-0.15, -0.1) is 0 Å². The number of hydrogen-bond acceptors (Lipinski definition) is 3. The normalized spacial score (nSPS) is 10.1. The van der Waals surface area contributed by atoms with Crippen LogP contribution < -0.4 is 16.4 Å². The Morgan fingerprint density at radius 2 is 2.18 bits per heavy atom. The lowest BCUT2D eigenvalue weighted by atomic mass is 10.2. The molecule has 0 unspecified atom stereocenters. The molecule has 0 fully saturated rings. The predicted octanol–water partition coefficient (Wildman–Crippen LogP) is 2.17. The molecule has 0 aliphatic rings. The smallest absolute Gasteiger partial charge is 0.239 e. The first-order chi connectivity index (χ1) is 8.04. The van der Waals surface area contributed by atoms with Crippen LogP contribution in [0.3, 0.4) is 0 Å². The molecule has 0 heterocycles. The Labute approximate surface area is 107 Å². The molecule has 17 heavy (non-hydrogen) atoms. The third-order valence-electron chi connectivity index (χ3n) is 2.36. The van der Waals surface area contributed by atoms with Gasteiger partial charge in [0.1, 0.15) is 0 Å². The maximum atomic E-state index is 11.4. The summed E-state index contributed by atoms with van der Waals surface area (Å²) in [7, 11) is 0. The first kappa shape index (κ1) is 13.6. The molecule has 0 bridgehead atoms. The van der Waals surface area contributed by atoms with Gasteiger partial charge in [-0.05, 0) is 31.0 Å². The number of rotatable bonds is 5. The van der Waals surface area contributed by atoms with Crippen molar-refractivity contribution in [3.05, 3.63) is 22.7 Å². The number of carbonyl (C=O) groups is 1. The monoisotopic (exact) mass is 255 g/mol. The summed E-state index contributed by atoms with van der Waals surface area (Å²) >= 11 is 5.92. The first-order valence-corrected chi connectivity index (χ1v) is 5.98. The molecule has 1 aromatic carbocycles. The molecular weight excluding hydrogens is 238 g/mol. The van der Waals surface area contributed by atoms with Gasteiger partial charge in [0, 0.05) is 12.2 Å². The van der Waals surface area contributed by atoms with Crippen molar-refractivity contribution in [2.24, 2.45) is 0 Å². The highest BCUT2D eigenvalue weighted by molar-refractivity contribution is 6.33. The van der Waals surface area contributed by atoms with E-state index in [2.05, 4.69) is 10.6 Å². The third-order valence-corrected chi connectivity index (χ3v) is 2.68. The number of amides is 1. The maximum Gasteiger partial charge on any atom is 0.239 e. The average molecular weight is 256 g/mol. The van der Waals surface area contributed by atoms with Crippen molar-refractivity contribution < 1.29 is 4.79 Å². The van der Waals surface area contributed by atoms with E-state index >= 15 is 0 Å². The quantitative estimate of drug-likeness (QED) is 0.707. The van der Waals surface area contributed by atoms with E-state index in [0.717, 1.165) is 17.7 Å². The SMILES string of the molecule is CCCNC(=O)CNc1cc(Cl)c(N)cc1C. The second-order valence-electron chi connectivity index (χ2n) is 3.89. The highest BCUT2D eigenvalue weighted by Gasteiger charge is 2.05. The molecule has 4 N–H and O–H groups in total. The molecular formula is C12H18ClN3O. The fourth-order valence-electron chi connectivity index (χ4n) is 1.40. The van der Waals surface area contributed by atoms with Crippen molar-refractivity contribution in [1.82, 2.24) is 5.32 Å². The summed E-state index contributed by atoms with van der Waals surface area (Å²) in [6.07, 6.45) is 0.929. The van der Waals surface area contributed by atoms with Crippen LogP contribution in [0, 0.1) is 6.92 Å². The average Bonchev–Trinajstić information content (AvgIpc) is 2.29. The Balaban J connectivity index is 2.57. The molecule has 1 aromatic rings. The molecule has 0 atom stereocenters. The van der Waals surface area contributed by atoms with E-state index in [1.54, 1.807) is 12.1 Å². The molecule has 5 heteroatoms. The van der Waals surface area contributed by atoms with E-state index < -0.39 is 0 Å². The summed E-state index contributed by atoms with van der Waals surface area (Å²) in [6.45, 7) is 4.86. The van der Waals surface area contributed by atoms with Crippen LogP contribution >= 0.6 is 11.6 Å². The Morgan fingerprint density at radius 1 is 1.47 bits per heavy atom. The second kappa shape index (κ2) is 6.35. The van der Waals surface area contributed by atoms with Crippen LogP contribution in [0.2, 0.25) is 5.02 Å². The lowest BCUT2D eigenvalue weighted by Crippen LogP contribution is -2.30. The van der Waals surface area contributed by atoms with Gasteiger partial charge in [-0.3, -0.25) is 4.79 Å². The van der Waals surface area contributed by atoms with Gasteiger partial charge >= 0.3 is 0 Å². The van der Waals surface area contributed by atoms with Crippen molar-refractivity contribution in [3.8, 4) is 0 Å². The molecule has 0 saturated carbocycles. The molecule has 94 valence electrons. The largest absolute Gasteiger partial charge is 0.398 e. The molecule has 0 radical (unpaired) electrons. The number of aryl methyl sites for hydroxylation is 1. The molecule has 0 spiro atoms. The van der Waals surface area contributed by atoms with Crippen molar-refractivity contribution in [2.45, 2.75) is 20.3 Å². The number of nitrogens with two attached hydrogens (primary N) is 1. The zero-order valence-corrected chi connectivity index (χ0v) is 10.9. The highest BCUT2D eigenvalue weighted by atomic mass is 35.5. The number of benzene rings is 1. The zero-order chi connectivity index (χ0) is 12.8. The molecule has 0 aliphatic carbocycles. The summed E-state index contributed by atoms with van der Waals surface area (Å²) in [5, 5.41) is 6.32. The zero-order valence-electron chi connectivity index (χ0n) is 10.1. The highest BCUT2D eigenvalue weighted by Crippen LogP contribution is 2.26. The number of anilines is 2. The standard InChI is InChI=1S/C12H18ClN3O/c1-3-4-15-12(17)7-16-11-6-9(13)10(14)5-8(11)2/h5-6,16H,3-4,7,14H2,1-2H3,(H,15,17). The van der Waals surface area contributed by atoms with Crippen LogP contribution in [0.15, 0.2) is 12.1 Å². The summed E-state index contributed by atoms with van der Waals surface area (Å²) in [6, 6.07) is 3.52. The predicted molar refractivity (Wildman–Crippen MR) is 72.4 cm³/mol. The van der Waals surface area contributed by atoms with Crippen molar-refractivity contribution in [2.75, 3.05) is 24.1 Å². The van der Waals surface area contributed by atoms with Gasteiger partial charge in [-0.1, -0.05) is 18.5 Å². The fraction of sp³-hybridized carbons (Fsp3) is 0.417. The van der Waals surface area contributed by atoms with Crippen LogP contribution in [0.1, 0.15) is 18.9 Å². The number of nitrogen functional groups attached to an aromatic ring is 1. The molecule has 0 aromatic heterocycles. The topological polar surface area (TPSA) is 67.2 Å². The van der Waals surface area contributed by atoms with E-state index in [1.807, 2.05) is 13.8 Å². The van der Waals surface area contributed by atoms with Gasteiger partial charge in [0.05, 0.1) is 17.3 Å². The van der Waals surface area contributed by atoms with E-state index in [-0.39, 0.29) is 12.5 Å². The minimum absolute atomic E-state index is 0.0285. The van der Waals surface area contributed by atoms with Crippen LogP contribution in [-0.4, -0.2) is 19.0 Å². The first-order valence-electron chi connectivity index (χ1n) is 5.60. The van der Waals surface area contributed by atoms with E-state index in [9.17, 15) is 4.79 Å². The van der Waals surface area contributed by atoms with E-state index in [0.29, 0.717) is 17.3 Å². The van der Waals surface area contributed by atoms with Crippen molar-refractivity contribution >= 4 is 28.9 Å². The number of carbonyl (C=O) groups excluding carboxylic acids is 1. The number of nitrogens with one attached hydrogen (secondary N) is 2. The minimum atomic E-state index is -0.0285. The number of hydrogen-bond donors (Lipinski definition) is 3. The lowest BCUT2D eigenvalue weighted by molar-refractivity contribution is -0.119. The summed E-state index contributed by atoms with van der Waals surface area (Å²) in [5.41, 5.74) is 8.02. The van der Waals surface area contributed by atoms with Crippen LogP contribution in [0.5, 0.6) is 0 Å². The Bertz CT molecular complexity index is 407. The molecule has 4 nitrogen and oxygen atoms in total. The third kappa shape index (κ3) is 4.15. The van der Waals surface area contributed by atoms with Gasteiger partial charge in [0.2, 0.25) is 5.91 Å². The van der Waals surface area contributed by atoms with Crippen LogP contribution in [0.25, 0.3) is 0 Å².